The van der Waals surface area contributed by atoms with Crippen LogP contribution in [0.5, 0.6) is 0 Å². The van der Waals surface area contributed by atoms with E-state index in [1.807, 2.05) is 42.5 Å². The van der Waals surface area contributed by atoms with Gasteiger partial charge in [-0.25, -0.2) is 0 Å². The standard InChI is InChI=1S/C21H13Cl2N3O2/c22-17-12-24-26(21(28)19(17)23)15-10-8-14(9-11-15)20(27)25-18-7-3-5-13-4-1-2-6-16(13)18/h1-12H,(H,25,27). The summed E-state index contributed by atoms with van der Waals surface area (Å²) in [6.07, 6.45) is 1.30. The number of hydrogen-bond donors (Lipinski definition) is 1. The van der Waals surface area contributed by atoms with Gasteiger partial charge in [-0.2, -0.15) is 9.78 Å². The lowest BCUT2D eigenvalue weighted by atomic mass is 10.1. The summed E-state index contributed by atoms with van der Waals surface area (Å²) < 4.78 is 1.13. The zero-order valence-electron chi connectivity index (χ0n) is 14.4. The van der Waals surface area contributed by atoms with Crippen LogP contribution in [-0.2, 0) is 0 Å². The Labute approximate surface area is 170 Å². The summed E-state index contributed by atoms with van der Waals surface area (Å²) in [5.41, 5.74) is 1.13. The van der Waals surface area contributed by atoms with Crippen LogP contribution in [0.4, 0.5) is 5.69 Å². The maximum atomic E-state index is 12.6. The molecule has 0 saturated heterocycles. The SMILES string of the molecule is O=C(Nc1cccc2ccccc12)c1ccc(-n2ncc(Cl)c(Cl)c2=O)cc1. The molecule has 0 atom stereocenters. The molecule has 0 unspecified atom stereocenters. The van der Waals surface area contributed by atoms with Crippen LogP contribution < -0.4 is 10.9 Å². The highest BCUT2D eigenvalue weighted by molar-refractivity contribution is 6.41. The van der Waals surface area contributed by atoms with Gasteiger partial charge in [0.2, 0.25) is 0 Å². The lowest BCUT2D eigenvalue weighted by Gasteiger charge is -2.10. The van der Waals surface area contributed by atoms with E-state index < -0.39 is 5.56 Å². The zero-order valence-corrected chi connectivity index (χ0v) is 15.9. The molecule has 0 bridgehead atoms. The molecule has 4 aromatic rings. The first kappa shape index (κ1) is 18.2. The van der Waals surface area contributed by atoms with Crippen LogP contribution in [0.15, 0.2) is 77.7 Å². The van der Waals surface area contributed by atoms with Crippen molar-refractivity contribution in [2.45, 2.75) is 0 Å². The second-order valence-corrected chi connectivity index (χ2v) is 6.84. The number of halogens is 2. The minimum Gasteiger partial charge on any atom is -0.321 e. The van der Waals surface area contributed by atoms with Gasteiger partial charge < -0.3 is 5.32 Å². The fourth-order valence-corrected chi connectivity index (χ4v) is 3.13. The zero-order chi connectivity index (χ0) is 19.7. The van der Waals surface area contributed by atoms with Gasteiger partial charge in [0.1, 0.15) is 5.02 Å². The van der Waals surface area contributed by atoms with Gasteiger partial charge in [-0.1, -0.05) is 59.6 Å². The lowest BCUT2D eigenvalue weighted by molar-refractivity contribution is 0.102. The molecule has 1 aromatic heterocycles. The van der Waals surface area contributed by atoms with Crippen LogP contribution in [0.25, 0.3) is 16.5 Å². The number of hydrogen-bond acceptors (Lipinski definition) is 3. The predicted octanol–water partition coefficient (Wildman–Crippen LogP) is 4.94. The second-order valence-electron chi connectivity index (χ2n) is 6.05. The van der Waals surface area contributed by atoms with Crippen molar-refractivity contribution in [2.75, 3.05) is 5.32 Å². The number of aromatic nitrogens is 2. The molecule has 5 nitrogen and oxygen atoms in total. The van der Waals surface area contributed by atoms with Crippen molar-refractivity contribution in [3.63, 3.8) is 0 Å². The fraction of sp³-hybridized carbons (Fsp3) is 0. The van der Waals surface area contributed by atoms with E-state index in [0.29, 0.717) is 11.3 Å². The van der Waals surface area contributed by atoms with Gasteiger partial charge in [-0.3, -0.25) is 9.59 Å². The number of carbonyl (C=O) groups excluding carboxylic acids is 1. The van der Waals surface area contributed by atoms with E-state index in [-0.39, 0.29) is 16.0 Å². The molecule has 0 radical (unpaired) electrons. The average molecular weight is 410 g/mol. The van der Waals surface area contributed by atoms with E-state index in [1.165, 1.54) is 6.20 Å². The molecule has 0 aliphatic carbocycles. The highest BCUT2D eigenvalue weighted by atomic mass is 35.5. The van der Waals surface area contributed by atoms with Gasteiger partial charge in [-0.15, -0.1) is 0 Å². The molecular weight excluding hydrogens is 397 g/mol. The highest BCUT2D eigenvalue weighted by Gasteiger charge is 2.11. The number of anilines is 1. The molecule has 0 aliphatic heterocycles. The molecule has 4 rings (SSSR count). The van der Waals surface area contributed by atoms with E-state index in [4.69, 9.17) is 23.2 Å². The normalized spacial score (nSPS) is 10.8. The van der Waals surface area contributed by atoms with Crippen LogP contribution in [0.3, 0.4) is 0 Å². The Bertz CT molecular complexity index is 1250. The molecule has 7 heteroatoms. The van der Waals surface area contributed by atoms with Crippen molar-refractivity contribution in [2.24, 2.45) is 0 Å². The molecule has 0 spiro atoms. The average Bonchev–Trinajstić information content (AvgIpc) is 2.73. The first-order valence-electron chi connectivity index (χ1n) is 8.37. The van der Waals surface area contributed by atoms with Crippen LogP contribution in [0.2, 0.25) is 10.0 Å². The Kier molecular flexibility index (Phi) is 4.86. The van der Waals surface area contributed by atoms with Crippen molar-refractivity contribution in [3.8, 4) is 5.69 Å². The molecule has 3 aromatic carbocycles. The molecule has 1 N–H and O–H groups in total. The molecular formula is C21H13Cl2N3O2. The topological polar surface area (TPSA) is 64.0 Å². The second kappa shape index (κ2) is 7.46. The number of benzene rings is 3. The molecule has 28 heavy (non-hydrogen) atoms. The minimum atomic E-state index is -0.526. The molecule has 0 fully saturated rings. The first-order valence-corrected chi connectivity index (χ1v) is 9.13. The third kappa shape index (κ3) is 3.38. The third-order valence-electron chi connectivity index (χ3n) is 4.29. The van der Waals surface area contributed by atoms with Gasteiger partial charge in [0.25, 0.3) is 11.5 Å². The smallest absolute Gasteiger partial charge is 0.291 e. The van der Waals surface area contributed by atoms with Crippen LogP contribution >= 0.6 is 23.2 Å². The number of nitrogens with one attached hydrogen (secondary N) is 1. The summed E-state index contributed by atoms with van der Waals surface area (Å²) in [7, 11) is 0. The van der Waals surface area contributed by atoms with Crippen molar-refractivity contribution >= 4 is 45.6 Å². The summed E-state index contributed by atoms with van der Waals surface area (Å²) in [6, 6.07) is 20.0. The van der Waals surface area contributed by atoms with Crippen molar-refractivity contribution < 1.29 is 4.79 Å². The summed E-state index contributed by atoms with van der Waals surface area (Å²) >= 11 is 11.7. The largest absolute Gasteiger partial charge is 0.321 e. The number of nitrogens with zero attached hydrogens (tertiary/aromatic N) is 2. The summed E-state index contributed by atoms with van der Waals surface area (Å²) in [6.45, 7) is 0. The Morgan fingerprint density at radius 3 is 2.43 bits per heavy atom. The lowest BCUT2D eigenvalue weighted by Crippen LogP contribution is -2.21. The molecule has 0 saturated carbocycles. The summed E-state index contributed by atoms with van der Waals surface area (Å²) in [5.74, 6) is -0.252. The Morgan fingerprint density at radius 1 is 0.929 bits per heavy atom. The van der Waals surface area contributed by atoms with Crippen molar-refractivity contribution in [3.05, 3.63) is 98.9 Å². The van der Waals surface area contributed by atoms with Gasteiger partial charge in [0.15, 0.2) is 0 Å². The summed E-state index contributed by atoms with van der Waals surface area (Å²) in [4.78, 5) is 24.8. The third-order valence-corrected chi connectivity index (χ3v) is 5.04. The van der Waals surface area contributed by atoms with Crippen LogP contribution in [0, 0.1) is 0 Å². The first-order chi connectivity index (χ1) is 13.5. The van der Waals surface area contributed by atoms with E-state index in [9.17, 15) is 9.59 Å². The Hall–Kier alpha value is -3.15. The highest BCUT2D eigenvalue weighted by Crippen LogP contribution is 2.23. The van der Waals surface area contributed by atoms with E-state index in [1.54, 1.807) is 24.3 Å². The minimum absolute atomic E-state index is 0.0917. The van der Waals surface area contributed by atoms with E-state index >= 15 is 0 Å². The van der Waals surface area contributed by atoms with Crippen LogP contribution in [0.1, 0.15) is 10.4 Å². The quantitative estimate of drug-likeness (QED) is 0.520. The number of amides is 1. The van der Waals surface area contributed by atoms with Gasteiger partial charge in [-0.05, 0) is 35.7 Å². The fourth-order valence-electron chi connectivity index (χ4n) is 2.88. The molecule has 138 valence electrons. The Morgan fingerprint density at radius 2 is 1.64 bits per heavy atom. The van der Waals surface area contributed by atoms with Crippen molar-refractivity contribution in [1.82, 2.24) is 9.78 Å². The predicted molar refractivity (Wildman–Crippen MR) is 112 cm³/mol. The number of fused-ring (bicyclic) bond motifs is 1. The molecule has 1 heterocycles. The van der Waals surface area contributed by atoms with Gasteiger partial charge in [0.05, 0.1) is 16.9 Å². The maximum Gasteiger partial charge on any atom is 0.291 e. The van der Waals surface area contributed by atoms with Crippen molar-refractivity contribution in [1.29, 1.82) is 0 Å². The van der Waals surface area contributed by atoms with Crippen LogP contribution in [-0.4, -0.2) is 15.7 Å². The summed E-state index contributed by atoms with van der Waals surface area (Å²) in [5, 5.41) is 8.89. The van der Waals surface area contributed by atoms with Gasteiger partial charge in [0, 0.05) is 16.6 Å². The maximum absolute atomic E-state index is 12.6. The number of rotatable bonds is 3. The van der Waals surface area contributed by atoms with E-state index in [2.05, 4.69) is 10.4 Å². The Balaban J connectivity index is 1.61. The molecule has 1 amide bonds. The molecule has 0 aliphatic rings. The van der Waals surface area contributed by atoms with E-state index in [0.717, 1.165) is 21.1 Å². The number of carbonyl (C=O) groups is 1. The van der Waals surface area contributed by atoms with Gasteiger partial charge >= 0.3 is 0 Å². The monoisotopic (exact) mass is 409 g/mol.